The molecule has 39 heavy (non-hydrogen) atoms. The molecule has 0 aliphatic carbocycles. The molecule has 2 N–H and O–H groups in total. The van der Waals surface area contributed by atoms with Gasteiger partial charge in [0.05, 0.1) is 23.3 Å². The van der Waals surface area contributed by atoms with Gasteiger partial charge in [0.1, 0.15) is 0 Å². The molecule has 1 saturated heterocycles. The van der Waals surface area contributed by atoms with Crippen LogP contribution in [-0.2, 0) is 4.79 Å². The molecule has 0 spiro atoms. The first-order chi connectivity index (χ1) is 18.5. The minimum Gasteiger partial charge on any atom is -0.366 e. The summed E-state index contributed by atoms with van der Waals surface area (Å²) in [5, 5.41) is 7.24. The lowest BCUT2D eigenvalue weighted by atomic mass is 9.86. The summed E-state index contributed by atoms with van der Waals surface area (Å²) in [4.78, 5) is 22.2. The topological polar surface area (TPSA) is 60.5 Å². The number of nitrogens with one attached hydrogen (secondary N) is 2. The van der Waals surface area contributed by atoms with Crippen molar-refractivity contribution in [2.75, 3.05) is 23.8 Å². The van der Waals surface area contributed by atoms with Crippen LogP contribution < -0.4 is 15.5 Å². The Kier molecular flexibility index (Phi) is 7.21. The van der Waals surface area contributed by atoms with Crippen LogP contribution in [0.5, 0.6) is 0 Å². The fraction of sp³-hybridized carbons (Fsp3) is 0.344. The number of carbonyl (C=O) groups excluding carboxylic acids is 1. The zero-order valence-electron chi connectivity index (χ0n) is 23.6. The van der Waals surface area contributed by atoms with Gasteiger partial charge < -0.3 is 20.4 Å². The van der Waals surface area contributed by atoms with E-state index in [1.54, 1.807) is 0 Å². The molecule has 0 bridgehead atoms. The number of pyridine rings is 1. The van der Waals surface area contributed by atoms with Crippen LogP contribution >= 0.6 is 12.2 Å². The highest BCUT2D eigenvalue weighted by Crippen LogP contribution is 2.43. The average Bonchev–Trinajstić information content (AvgIpc) is 3.24. The van der Waals surface area contributed by atoms with Crippen LogP contribution in [-0.4, -0.2) is 40.0 Å². The predicted molar refractivity (Wildman–Crippen MR) is 164 cm³/mol. The molecule has 5 rings (SSSR count). The standard InChI is InChI=1S/C32H37N5OS/c1-20-10-11-21(2)26(17-20)34-28(38)14-16-37-30(29(35-31(37)39)25-9-7-8-15-33-25)23-12-13-27-24(18-23)22(3)19-32(4,5)36(27)6/h7-13,15,17-19,29-30H,14,16H2,1-6H3,(H,34,38)(H,35,39)/t29-,30-/m0/s1. The van der Waals surface area contributed by atoms with E-state index < -0.39 is 0 Å². The predicted octanol–water partition coefficient (Wildman–Crippen LogP) is 6.33. The summed E-state index contributed by atoms with van der Waals surface area (Å²) >= 11 is 5.84. The number of amides is 1. The lowest BCUT2D eigenvalue weighted by Crippen LogP contribution is -2.42. The van der Waals surface area contributed by atoms with Crippen LogP contribution in [0.15, 0.2) is 66.9 Å². The van der Waals surface area contributed by atoms with Crippen molar-refractivity contribution in [1.82, 2.24) is 15.2 Å². The van der Waals surface area contributed by atoms with E-state index in [1.165, 1.54) is 16.8 Å². The highest BCUT2D eigenvalue weighted by atomic mass is 32.1. The normalized spacial score (nSPS) is 19.8. The number of carbonyl (C=O) groups is 1. The van der Waals surface area contributed by atoms with Gasteiger partial charge in [-0.15, -0.1) is 0 Å². The summed E-state index contributed by atoms with van der Waals surface area (Å²) in [6.07, 6.45) is 4.46. The largest absolute Gasteiger partial charge is 0.366 e. The molecule has 2 atom stereocenters. The van der Waals surface area contributed by atoms with E-state index >= 15 is 0 Å². The summed E-state index contributed by atoms with van der Waals surface area (Å²) in [7, 11) is 2.14. The van der Waals surface area contributed by atoms with Crippen LogP contribution in [0.2, 0.25) is 0 Å². The molecule has 0 saturated carbocycles. The van der Waals surface area contributed by atoms with Gasteiger partial charge in [0.2, 0.25) is 5.91 Å². The van der Waals surface area contributed by atoms with Gasteiger partial charge in [-0.3, -0.25) is 9.78 Å². The molecule has 2 aromatic carbocycles. The van der Waals surface area contributed by atoms with Crippen LogP contribution in [0.25, 0.3) is 5.57 Å². The van der Waals surface area contributed by atoms with E-state index in [-0.39, 0.29) is 23.5 Å². The molecular formula is C32H37N5OS. The van der Waals surface area contributed by atoms with E-state index in [0.29, 0.717) is 18.1 Å². The van der Waals surface area contributed by atoms with Crippen molar-refractivity contribution >= 4 is 40.2 Å². The number of benzene rings is 2. The fourth-order valence-electron chi connectivity index (χ4n) is 5.68. The van der Waals surface area contributed by atoms with Gasteiger partial charge in [-0.2, -0.15) is 0 Å². The van der Waals surface area contributed by atoms with Gasteiger partial charge in [0, 0.05) is 43.1 Å². The van der Waals surface area contributed by atoms with Crippen molar-refractivity contribution in [2.24, 2.45) is 0 Å². The number of thiocarbonyl (C=S) groups is 1. The van der Waals surface area contributed by atoms with E-state index in [4.69, 9.17) is 12.2 Å². The number of fused-ring (bicyclic) bond motifs is 1. The second-order valence-electron chi connectivity index (χ2n) is 11.3. The van der Waals surface area contributed by atoms with Crippen LogP contribution in [0.4, 0.5) is 11.4 Å². The molecule has 1 amide bonds. The Labute approximate surface area is 237 Å². The maximum absolute atomic E-state index is 13.0. The molecule has 1 fully saturated rings. The Morgan fingerprint density at radius 3 is 2.64 bits per heavy atom. The molecule has 2 aliphatic heterocycles. The summed E-state index contributed by atoms with van der Waals surface area (Å²) in [5.41, 5.74) is 8.73. The molecule has 0 unspecified atom stereocenters. The van der Waals surface area contributed by atoms with Crippen molar-refractivity contribution in [2.45, 2.75) is 58.7 Å². The number of hydrogen-bond acceptors (Lipinski definition) is 4. The second kappa shape index (κ2) is 10.5. The van der Waals surface area contributed by atoms with Crippen molar-refractivity contribution in [1.29, 1.82) is 0 Å². The van der Waals surface area contributed by atoms with Gasteiger partial charge >= 0.3 is 0 Å². The summed E-state index contributed by atoms with van der Waals surface area (Å²) in [6, 6.07) is 18.5. The summed E-state index contributed by atoms with van der Waals surface area (Å²) in [5.74, 6) is -0.0281. The molecule has 3 aromatic rings. The minimum atomic E-state index is -0.124. The number of anilines is 2. The van der Waals surface area contributed by atoms with Crippen molar-refractivity contribution in [3.05, 3.63) is 94.8 Å². The summed E-state index contributed by atoms with van der Waals surface area (Å²) in [6.45, 7) is 11.2. The molecule has 2 aliphatic rings. The Hall–Kier alpha value is -3.71. The molecule has 202 valence electrons. The van der Waals surface area contributed by atoms with Gasteiger partial charge in [0.15, 0.2) is 5.11 Å². The second-order valence-corrected chi connectivity index (χ2v) is 11.6. The monoisotopic (exact) mass is 539 g/mol. The van der Waals surface area contributed by atoms with E-state index in [0.717, 1.165) is 28.1 Å². The quantitative estimate of drug-likeness (QED) is 0.357. The van der Waals surface area contributed by atoms with Gasteiger partial charge in [-0.05, 0) is 99.4 Å². The average molecular weight is 540 g/mol. The van der Waals surface area contributed by atoms with E-state index in [9.17, 15) is 4.79 Å². The number of hydrogen-bond donors (Lipinski definition) is 2. The van der Waals surface area contributed by atoms with Crippen molar-refractivity contribution < 1.29 is 4.79 Å². The summed E-state index contributed by atoms with van der Waals surface area (Å²) < 4.78 is 0. The van der Waals surface area contributed by atoms with E-state index in [1.807, 2.05) is 50.4 Å². The molecule has 0 radical (unpaired) electrons. The lowest BCUT2D eigenvalue weighted by molar-refractivity contribution is -0.116. The highest BCUT2D eigenvalue weighted by Gasteiger charge is 2.40. The lowest BCUT2D eigenvalue weighted by Gasteiger charge is -2.41. The first-order valence-electron chi connectivity index (χ1n) is 13.5. The van der Waals surface area contributed by atoms with Crippen LogP contribution in [0.3, 0.4) is 0 Å². The van der Waals surface area contributed by atoms with Crippen LogP contribution in [0.1, 0.15) is 67.2 Å². The van der Waals surface area contributed by atoms with Gasteiger partial charge in [-0.25, -0.2) is 0 Å². The number of aromatic nitrogens is 1. The van der Waals surface area contributed by atoms with Crippen LogP contribution in [0, 0.1) is 13.8 Å². The third-order valence-electron chi connectivity index (χ3n) is 8.03. The molecule has 7 heteroatoms. The number of likely N-dealkylation sites (N-methyl/N-ethyl adjacent to an activating group) is 1. The third kappa shape index (κ3) is 5.28. The zero-order valence-corrected chi connectivity index (χ0v) is 24.4. The first-order valence-corrected chi connectivity index (χ1v) is 13.9. The Morgan fingerprint density at radius 1 is 1.10 bits per heavy atom. The molecular weight excluding hydrogens is 502 g/mol. The number of aryl methyl sites for hydroxylation is 2. The van der Waals surface area contributed by atoms with Crippen molar-refractivity contribution in [3.8, 4) is 0 Å². The number of allylic oxidation sites excluding steroid dienone is 1. The SMILES string of the molecule is CC1=CC(C)(C)N(C)c2ccc([C@H]3[C@H](c4ccccn4)NC(=S)N3CCC(=O)Nc3cc(C)ccc3C)cc21. The molecule has 1 aromatic heterocycles. The maximum atomic E-state index is 13.0. The minimum absolute atomic E-state index is 0.0281. The number of nitrogens with zero attached hydrogens (tertiary/aromatic N) is 3. The zero-order chi connectivity index (χ0) is 27.9. The Balaban J connectivity index is 1.45. The smallest absolute Gasteiger partial charge is 0.226 e. The third-order valence-corrected chi connectivity index (χ3v) is 8.38. The van der Waals surface area contributed by atoms with Gasteiger partial charge in [-0.1, -0.05) is 30.3 Å². The fourth-order valence-corrected chi connectivity index (χ4v) is 6.01. The highest BCUT2D eigenvalue weighted by molar-refractivity contribution is 7.80. The van der Waals surface area contributed by atoms with E-state index in [2.05, 4.69) is 83.6 Å². The van der Waals surface area contributed by atoms with Crippen molar-refractivity contribution in [3.63, 3.8) is 0 Å². The Morgan fingerprint density at radius 2 is 1.90 bits per heavy atom. The first kappa shape index (κ1) is 26.9. The van der Waals surface area contributed by atoms with Gasteiger partial charge in [0.25, 0.3) is 0 Å². The maximum Gasteiger partial charge on any atom is 0.226 e. The molecule has 6 nitrogen and oxygen atoms in total. The number of rotatable bonds is 6. The Bertz CT molecular complexity index is 1450. The molecule has 3 heterocycles.